The normalized spacial score (nSPS) is 11.5. The molecule has 1 atom stereocenters. The summed E-state index contributed by atoms with van der Waals surface area (Å²) in [6.45, 7) is 0.586. The zero-order valence-corrected chi connectivity index (χ0v) is 11.9. The Hall–Kier alpha value is -1.76. The van der Waals surface area contributed by atoms with E-state index in [-0.39, 0.29) is 6.54 Å². The number of hydrogen-bond acceptors (Lipinski definition) is 4. The molecule has 1 aromatic carbocycles. The molecule has 0 bridgehead atoms. The Kier molecular flexibility index (Phi) is 6.14. The largest absolute Gasteiger partial charge is 0.497 e. The summed E-state index contributed by atoms with van der Waals surface area (Å²) >= 11 is 3.37. The summed E-state index contributed by atoms with van der Waals surface area (Å²) in [4.78, 5) is 14.1. The van der Waals surface area contributed by atoms with Crippen LogP contribution in [-0.4, -0.2) is 26.1 Å². The van der Waals surface area contributed by atoms with Gasteiger partial charge in [0.15, 0.2) is 0 Å². The van der Waals surface area contributed by atoms with Gasteiger partial charge >= 0.3 is 0 Å². The van der Waals surface area contributed by atoms with Crippen molar-refractivity contribution in [2.24, 2.45) is 10.8 Å². The molecular weight excluding hydrogens is 314 g/mol. The maximum Gasteiger partial charge on any atom is 0.239 e. The van der Waals surface area contributed by atoms with Crippen molar-refractivity contribution in [2.45, 2.75) is 6.04 Å². The lowest BCUT2D eigenvalue weighted by Gasteiger charge is -2.17. The van der Waals surface area contributed by atoms with Crippen LogP contribution >= 0.6 is 15.9 Å². The third kappa shape index (κ3) is 4.44. The number of ether oxygens (including phenoxy) is 1. The lowest BCUT2D eigenvalue weighted by molar-refractivity contribution is -0.120. The molecule has 0 aromatic heterocycles. The number of primary amides is 1. The van der Waals surface area contributed by atoms with Crippen molar-refractivity contribution >= 4 is 21.8 Å². The summed E-state index contributed by atoms with van der Waals surface area (Å²) in [5.74, 6) is 0.108. The molecule has 3 N–H and O–H groups in total. The van der Waals surface area contributed by atoms with Crippen LogP contribution in [0.3, 0.4) is 0 Å². The maximum atomic E-state index is 11.5. The van der Waals surface area contributed by atoms with E-state index in [1.807, 2.05) is 0 Å². The highest BCUT2D eigenvalue weighted by atomic mass is 79.9. The first-order valence-corrected chi connectivity index (χ1v) is 6.26. The van der Waals surface area contributed by atoms with Crippen LogP contribution in [0.15, 0.2) is 27.8 Å². The van der Waals surface area contributed by atoms with Crippen molar-refractivity contribution in [3.8, 4) is 5.75 Å². The number of halogens is 1. The van der Waals surface area contributed by atoms with Crippen molar-refractivity contribution < 1.29 is 9.53 Å². The minimum absolute atomic E-state index is 0.238. The fourth-order valence-corrected chi connectivity index (χ4v) is 2.01. The second-order valence-electron chi connectivity index (χ2n) is 3.63. The number of methoxy groups -OCH3 is 1. The summed E-state index contributed by atoms with van der Waals surface area (Å²) in [5.41, 5.74) is 14.2. The van der Waals surface area contributed by atoms with Gasteiger partial charge in [-0.3, -0.25) is 4.79 Å². The second kappa shape index (κ2) is 7.63. The van der Waals surface area contributed by atoms with Crippen molar-refractivity contribution in [2.75, 3.05) is 20.2 Å². The van der Waals surface area contributed by atoms with Gasteiger partial charge in [0.25, 0.3) is 0 Å². The molecule has 0 fully saturated rings. The van der Waals surface area contributed by atoms with Gasteiger partial charge in [0, 0.05) is 22.5 Å². The van der Waals surface area contributed by atoms with Crippen molar-refractivity contribution in [1.29, 1.82) is 0 Å². The molecule has 1 unspecified atom stereocenters. The van der Waals surface area contributed by atoms with Crippen LogP contribution in [0.4, 0.5) is 0 Å². The summed E-state index contributed by atoms with van der Waals surface area (Å²) in [7, 11) is 1.54. The SMILES string of the molecule is COc1ccc(Br)c(C(NCCN=[N+]=[N-])C(N)=O)c1. The number of nitrogens with one attached hydrogen (secondary N) is 1. The van der Waals surface area contributed by atoms with Gasteiger partial charge in [0.05, 0.1) is 7.11 Å². The Labute approximate surface area is 118 Å². The third-order valence-corrected chi connectivity index (χ3v) is 3.14. The number of hydrogen-bond donors (Lipinski definition) is 2. The van der Waals surface area contributed by atoms with Crippen molar-refractivity contribution in [1.82, 2.24) is 5.32 Å². The highest BCUT2D eigenvalue weighted by Crippen LogP contribution is 2.27. The minimum Gasteiger partial charge on any atom is -0.497 e. The molecule has 1 aromatic rings. The van der Waals surface area contributed by atoms with Gasteiger partial charge in [-0.15, -0.1) is 0 Å². The van der Waals surface area contributed by atoms with Gasteiger partial charge < -0.3 is 15.8 Å². The van der Waals surface area contributed by atoms with Crippen LogP contribution in [0.1, 0.15) is 11.6 Å². The number of nitrogens with two attached hydrogens (primary N) is 1. The van der Waals surface area contributed by atoms with Crippen molar-refractivity contribution in [3.63, 3.8) is 0 Å². The molecule has 0 heterocycles. The van der Waals surface area contributed by atoms with Crippen LogP contribution in [0, 0.1) is 0 Å². The number of azide groups is 1. The van der Waals surface area contributed by atoms with Crippen molar-refractivity contribution in [3.05, 3.63) is 38.7 Å². The zero-order valence-electron chi connectivity index (χ0n) is 10.3. The molecule has 0 spiro atoms. The number of benzene rings is 1. The number of carbonyl (C=O) groups excluding carboxylic acids is 1. The topological polar surface area (TPSA) is 113 Å². The predicted octanol–water partition coefficient (Wildman–Crippen LogP) is 1.88. The molecular formula is C11H14BrN5O2. The first-order chi connectivity index (χ1) is 9.10. The first-order valence-electron chi connectivity index (χ1n) is 5.47. The summed E-state index contributed by atoms with van der Waals surface area (Å²) in [6.07, 6.45) is 0. The van der Waals surface area contributed by atoms with E-state index in [1.54, 1.807) is 25.3 Å². The van der Waals surface area contributed by atoms with E-state index in [0.717, 1.165) is 4.47 Å². The molecule has 0 saturated heterocycles. The lowest BCUT2D eigenvalue weighted by atomic mass is 10.1. The Balaban J connectivity index is 2.91. The van der Waals surface area contributed by atoms with Crippen LogP contribution < -0.4 is 15.8 Å². The molecule has 102 valence electrons. The molecule has 19 heavy (non-hydrogen) atoms. The van der Waals surface area contributed by atoms with Gasteiger partial charge in [0.1, 0.15) is 11.8 Å². The third-order valence-electron chi connectivity index (χ3n) is 2.42. The molecule has 0 aliphatic carbocycles. The van der Waals surface area contributed by atoms with E-state index in [2.05, 4.69) is 31.3 Å². The Bertz CT molecular complexity index is 502. The number of rotatable bonds is 7. The van der Waals surface area contributed by atoms with Crippen LogP contribution in [0.25, 0.3) is 10.4 Å². The zero-order chi connectivity index (χ0) is 14.3. The standard InChI is InChI=1S/C11H14BrN5O2/c1-19-7-2-3-9(12)8(6-7)10(11(13)18)15-4-5-16-17-14/h2-3,6,10,15H,4-5H2,1H3,(H2,13,18). The van der Waals surface area contributed by atoms with Gasteiger partial charge in [-0.2, -0.15) is 0 Å². The number of amides is 1. The van der Waals surface area contributed by atoms with E-state index < -0.39 is 11.9 Å². The molecule has 0 aliphatic heterocycles. The fraction of sp³-hybridized carbons (Fsp3) is 0.364. The Morgan fingerprint density at radius 1 is 1.68 bits per heavy atom. The predicted molar refractivity (Wildman–Crippen MR) is 74.6 cm³/mol. The maximum absolute atomic E-state index is 11.5. The molecule has 0 aliphatic rings. The summed E-state index contributed by atoms with van der Waals surface area (Å²) in [5, 5.41) is 6.32. The lowest BCUT2D eigenvalue weighted by Crippen LogP contribution is -2.35. The van der Waals surface area contributed by atoms with E-state index >= 15 is 0 Å². The monoisotopic (exact) mass is 327 g/mol. The van der Waals surface area contributed by atoms with Crippen LogP contribution in [0.5, 0.6) is 5.75 Å². The Morgan fingerprint density at radius 3 is 3.00 bits per heavy atom. The fourth-order valence-electron chi connectivity index (χ4n) is 1.54. The molecule has 7 nitrogen and oxygen atoms in total. The highest BCUT2D eigenvalue weighted by Gasteiger charge is 2.20. The number of nitrogens with zero attached hydrogens (tertiary/aromatic N) is 3. The van der Waals surface area contributed by atoms with Crippen LogP contribution in [0.2, 0.25) is 0 Å². The average Bonchev–Trinajstić information content (AvgIpc) is 2.40. The highest BCUT2D eigenvalue weighted by molar-refractivity contribution is 9.10. The molecule has 8 heteroatoms. The van der Waals surface area contributed by atoms with E-state index in [9.17, 15) is 4.79 Å². The van der Waals surface area contributed by atoms with E-state index in [1.165, 1.54) is 0 Å². The molecule has 0 radical (unpaired) electrons. The van der Waals surface area contributed by atoms with Gasteiger partial charge in [-0.25, -0.2) is 0 Å². The smallest absolute Gasteiger partial charge is 0.239 e. The van der Waals surface area contributed by atoms with Crippen LogP contribution in [-0.2, 0) is 4.79 Å². The Morgan fingerprint density at radius 2 is 2.42 bits per heavy atom. The minimum atomic E-state index is -0.682. The first kappa shape index (κ1) is 15.3. The summed E-state index contributed by atoms with van der Waals surface area (Å²) in [6, 6.07) is 4.59. The second-order valence-corrected chi connectivity index (χ2v) is 4.49. The van der Waals surface area contributed by atoms with Gasteiger partial charge in [-0.05, 0) is 29.3 Å². The van der Waals surface area contributed by atoms with Gasteiger partial charge in [0.2, 0.25) is 5.91 Å². The molecule has 1 rings (SSSR count). The van der Waals surface area contributed by atoms with E-state index in [0.29, 0.717) is 17.9 Å². The quantitative estimate of drug-likeness (QED) is 0.345. The van der Waals surface area contributed by atoms with E-state index in [4.69, 9.17) is 16.0 Å². The number of carbonyl (C=O) groups is 1. The molecule has 1 amide bonds. The van der Waals surface area contributed by atoms with Gasteiger partial charge in [-0.1, -0.05) is 21.0 Å². The molecule has 0 saturated carbocycles. The average molecular weight is 328 g/mol. The summed E-state index contributed by atoms with van der Waals surface area (Å²) < 4.78 is 5.86.